The van der Waals surface area contributed by atoms with Gasteiger partial charge in [-0.05, 0) is 115 Å². The van der Waals surface area contributed by atoms with Crippen molar-refractivity contribution in [2.75, 3.05) is 14.2 Å². The van der Waals surface area contributed by atoms with E-state index in [1.165, 1.54) is 0 Å². The number of rotatable bonds is 7. The van der Waals surface area contributed by atoms with Gasteiger partial charge in [-0.3, -0.25) is 9.98 Å². The molecule has 0 heterocycles. The van der Waals surface area contributed by atoms with Crippen LogP contribution in [0.5, 0.6) is 11.5 Å². The summed E-state index contributed by atoms with van der Waals surface area (Å²) in [6.45, 7) is 0. The Kier molecular flexibility index (Phi) is 7.93. The van der Waals surface area contributed by atoms with Crippen LogP contribution in [0.25, 0.3) is 11.1 Å². The van der Waals surface area contributed by atoms with Gasteiger partial charge in [-0.1, -0.05) is 24.3 Å². The number of halogens is 2. The molecule has 170 valence electrons. The summed E-state index contributed by atoms with van der Waals surface area (Å²) in [5.41, 5.74) is 6.02. The van der Waals surface area contributed by atoms with Gasteiger partial charge in [0.15, 0.2) is 0 Å². The minimum Gasteiger partial charge on any atom is -0.496 e. The van der Waals surface area contributed by atoms with E-state index in [0.717, 1.165) is 54.1 Å². The van der Waals surface area contributed by atoms with E-state index in [0.29, 0.717) is 0 Å². The lowest BCUT2D eigenvalue weighted by Crippen LogP contribution is -1.87. The highest BCUT2D eigenvalue weighted by molar-refractivity contribution is 9.10. The largest absolute Gasteiger partial charge is 0.496 e. The van der Waals surface area contributed by atoms with Crippen LogP contribution >= 0.6 is 31.9 Å². The molecule has 0 fully saturated rings. The first-order chi connectivity index (χ1) is 16.6. The molecule has 0 saturated heterocycles. The van der Waals surface area contributed by atoms with Gasteiger partial charge < -0.3 is 9.47 Å². The van der Waals surface area contributed by atoms with Crippen molar-refractivity contribution in [1.82, 2.24) is 0 Å². The summed E-state index contributed by atoms with van der Waals surface area (Å²) in [5.74, 6) is 1.60. The lowest BCUT2D eigenvalue weighted by molar-refractivity contribution is 0.412. The number of hydrogen-bond acceptors (Lipinski definition) is 4. The van der Waals surface area contributed by atoms with E-state index >= 15 is 0 Å². The summed E-state index contributed by atoms with van der Waals surface area (Å²) in [4.78, 5) is 9.15. The lowest BCUT2D eigenvalue weighted by atomic mass is 10.1. The third kappa shape index (κ3) is 6.01. The summed E-state index contributed by atoms with van der Waals surface area (Å²) in [7, 11) is 3.30. The van der Waals surface area contributed by atoms with Gasteiger partial charge in [0, 0.05) is 12.4 Å². The maximum absolute atomic E-state index is 5.27. The van der Waals surface area contributed by atoms with E-state index < -0.39 is 0 Å². The quantitative estimate of drug-likeness (QED) is 0.207. The molecule has 4 aromatic rings. The standard InChI is InChI=1S/C28H22Br2N2O2/c1-33-27-13-3-19(15-25(27)29)17-31-23-9-5-21(6-10-23)22-7-11-24(12-8-22)32-18-20-4-14-28(34-2)26(30)16-20/h3-18H,1-2H3. The third-order valence-corrected chi connectivity index (χ3v) is 6.38. The highest BCUT2D eigenvalue weighted by atomic mass is 79.9. The van der Waals surface area contributed by atoms with Gasteiger partial charge in [-0.25, -0.2) is 0 Å². The van der Waals surface area contributed by atoms with Gasteiger partial charge in [0.2, 0.25) is 0 Å². The molecule has 4 nitrogen and oxygen atoms in total. The Morgan fingerprint density at radius 1 is 0.559 bits per heavy atom. The molecule has 0 unspecified atom stereocenters. The molecule has 0 aliphatic rings. The molecular formula is C28H22Br2N2O2. The van der Waals surface area contributed by atoms with Crippen LogP contribution in [-0.2, 0) is 0 Å². The first-order valence-electron chi connectivity index (χ1n) is 10.5. The number of methoxy groups -OCH3 is 2. The van der Waals surface area contributed by atoms with Crippen molar-refractivity contribution < 1.29 is 9.47 Å². The van der Waals surface area contributed by atoms with E-state index in [9.17, 15) is 0 Å². The highest BCUT2D eigenvalue weighted by Crippen LogP contribution is 2.28. The van der Waals surface area contributed by atoms with E-state index in [1.54, 1.807) is 14.2 Å². The van der Waals surface area contributed by atoms with Crippen LogP contribution in [0, 0.1) is 0 Å². The normalized spacial score (nSPS) is 11.3. The average Bonchev–Trinajstić information content (AvgIpc) is 2.87. The van der Waals surface area contributed by atoms with Gasteiger partial charge in [0.1, 0.15) is 11.5 Å². The summed E-state index contributed by atoms with van der Waals surface area (Å²) in [6.07, 6.45) is 3.68. The third-order valence-electron chi connectivity index (χ3n) is 5.15. The van der Waals surface area contributed by atoms with Crippen LogP contribution in [-0.4, -0.2) is 26.6 Å². The topological polar surface area (TPSA) is 43.2 Å². The van der Waals surface area contributed by atoms with E-state index in [4.69, 9.17) is 9.47 Å². The molecule has 0 aliphatic heterocycles. The molecule has 0 aliphatic carbocycles. The van der Waals surface area contributed by atoms with Crippen LogP contribution in [0.1, 0.15) is 11.1 Å². The molecule has 0 aromatic heterocycles. The first kappa shape index (κ1) is 23.9. The Balaban J connectivity index is 1.42. The average molecular weight is 578 g/mol. The summed E-state index contributed by atoms with van der Waals surface area (Å²) in [5, 5.41) is 0. The smallest absolute Gasteiger partial charge is 0.133 e. The Hall–Kier alpha value is -3.22. The molecule has 4 rings (SSSR count). The second kappa shape index (κ2) is 11.3. The van der Waals surface area contributed by atoms with Crippen molar-refractivity contribution >= 4 is 55.7 Å². The van der Waals surface area contributed by atoms with Crippen LogP contribution in [0.15, 0.2) is 104 Å². The number of nitrogens with zero attached hydrogens (tertiary/aromatic N) is 2. The van der Waals surface area contributed by atoms with Crippen LogP contribution in [0.2, 0.25) is 0 Å². The minimum absolute atomic E-state index is 0.798. The van der Waals surface area contributed by atoms with Crippen molar-refractivity contribution in [1.29, 1.82) is 0 Å². The number of benzene rings is 4. The number of aliphatic imine (C=N–C) groups is 2. The molecule has 4 aromatic carbocycles. The van der Waals surface area contributed by atoms with Crippen molar-refractivity contribution in [3.63, 3.8) is 0 Å². The Labute approximate surface area is 216 Å². The maximum Gasteiger partial charge on any atom is 0.133 e. The maximum atomic E-state index is 5.27. The number of hydrogen-bond donors (Lipinski definition) is 0. The van der Waals surface area contributed by atoms with Gasteiger partial charge in [-0.15, -0.1) is 0 Å². The molecule has 0 saturated carbocycles. The van der Waals surface area contributed by atoms with Crippen molar-refractivity contribution in [3.8, 4) is 22.6 Å². The number of ether oxygens (including phenoxy) is 2. The van der Waals surface area contributed by atoms with Crippen LogP contribution in [0.4, 0.5) is 11.4 Å². The first-order valence-corrected chi connectivity index (χ1v) is 12.1. The fraction of sp³-hybridized carbons (Fsp3) is 0.0714. The van der Waals surface area contributed by atoms with Crippen molar-refractivity contribution in [2.45, 2.75) is 0 Å². The molecule has 0 radical (unpaired) electrons. The zero-order valence-electron chi connectivity index (χ0n) is 18.7. The molecule has 0 amide bonds. The van der Waals surface area contributed by atoms with Gasteiger partial charge in [-0.2, -0.15) is 0 Å². The van der Waals surface area contributed by atoms with E-state index in [2.05, 4.69) is 66.1 Å². The zero-order chi connectivity index (χ0) is 23.9. The van der Waals surface area contributed by atoms with Gasteiger partial charge in [0.05, 0.1) is 34.5 Å². The second-order valence-electron chi connectivity index (χ2n) is 7.40. The molecule has 0 N–H and O–H groups in total. The second-order valence-corrected chi connectivity index (χ2v) is 9.11. The fourth-order valence-electron chi connectivity index (χ4n) is 3.30. The Bertz CT molecular complexity index is 1230. The van der Waals surface area contributed by atoms with Crippen molar-refractivity contribution in [3.05, 3.63) is 105 Å². The fourth-order valence-corrected chi connectivity index (χ4v) is 4.42. The van der Waals surface area contributed by atoms with Gasteiger partial charge >= 0.3 is 0 Å². The van der Waals surface area contributed by atoms with Crippen molar-refractivity contribution in [2.24, 2.45) is 9.98 Å². The monoisotopic (exact) mass is 576 g/mol. The summed E-state index contributed by atoms with van der Waals surface area (Å²) >= 11 is 7.00. The lowest BCUT2D eigenvalue weighted by Gasteiger charge is -2.04. The molecule has 0 spiro atoms. The van der Waals surface area contributed by atoms with E-state index in [1.807, 2.05) is 73.1 Å². The molecule has 0 bridgehead atoms. The predicted octanol–water partition coefficient (Wildman–Crippen LogP) is 8.40. The zero-order valence-corrected chi connectivity index (χ0v) is 21.9. The Morgan fingerprint density at radius 2 is 0.941 bits per heavy atom. The molecule has 0 atom stereocenters. The minimum atomic E-state index is 0.798. The van der Waals surface area contributed by atoms with Crippen LogP contribution < -0.4 is 9.47 Å². The summed E-state index contributed by atoms with van der Waals surface area (Å²) < 4.78 is 12.3. The predicted molar refractivity (Wildman–Crippen MR) is 148 cm³/mol. The summed E-state index contributed by atoms with van der Waals surface area (Å²) in [6, 6.07) is 28.1. The highest BCUT2D eigenvalue weighted by Gasteiger charge is 2.02. The molecule has 6 heteroatoms. The molecule has 34 heavy (non-hydrogen) atoms. The van der Waals surface area contributed by atoms with Gasteiger partial charge in [0.25, 0.3) is 0 Å². The Morgan fingerprint density at radius 3 is 1.26 bits per heavy atom. The van der Waals surface area contributed by atoms with Crippen LogP contribution in [0.3, 0.4) is 0 Å². The molecular weight excluding hydrogens is 556 g/mol. The van der Waals surface area contributed by atoms with E-state index in [-0.39, 0.29) is 0 Å². The SMILES string of the molecule is COc1ccc(C=Nc2ccc(-c3ccc(N=Cc4ccc(OC)c(Br)c4)cc3)cc2)cc1Br.